The first kappa shape index (κ1) is 11.7. The van der Waals surface area contributed by atoms with Crippen molar-refractivity contribution in [3.8, 4) is 0 Å². The largest absolute Gasteiger partial charge is 0.373 e. The Morgan fingerprint density at radius 1 is 1.28 bits per heavy atom. The van der Waals surface area contributed by atoms with E-state index in [2.05, 4.69) is 12.1 Å². The smallest absolute Gasteiger partial charge is 0.253 e. The number of carbonyl (C=O) groups excluding carboxylic acids is 1. The maximum atomic E-state index is 11.7. The van der Waals surface area contributed by atoms with E-state index in [0.29, 0.717) is 19.3 Å². The van der Waals surface area contributed by atoms with Gasteiger partial charge in [-0.05, 0) is 30.5 Å². The monoisotopic (exact) mass is 247 g/mol. The van der Waals surface area contributed by atoms with Crippen molar-refractivity contribution in [1.82, 2.24) is 0 Å². The third kappa shape index (κ3) is 2.71. The highest BCUT2D eigenvalue weighted by molar-refractivity contribution is 5.94. The number of benzene rings is 1. The zero-order chi connectivity index (χ0) is 12.4. The summed E-state index contributed by atoms with van der Waals surface area (Å²) in [6.07, 6.45) is 2.61. The molecule has 2 aliphatic heterocycles. The van der Waals surface area contributed by atoms with Crippen LogP contribution in [0.5, 0.6) is 0 Å². The molecule has 2 heterocycles. The molecule has 0 aromatic heterocycles. The number of hydrogen-bond donors (Lipinski definition) is 0. The summed E-state index contributed by atoms with van der Waals surface area (Å²) in [5.74, 6) is 0.0420. The Morgan fingerprint density at radius 2 is 2.06 bits per heavy atom. The number of ether oxygens (including phenoxy) is 2. The summed E-state index contributed by atoms with van der Waals surface area (Å²) < 4.78 is 10.3. The van der Waals surface area contributed by atoms with Crippen molar-refractivity contribution >= 4 is 11.6 Å². The molecule has 0 aliphatic carbocycles. The highest BCUT2D eigenvalue weighted by Gasteiger charge is 2.22. The van der Waals surface area contributed by atoms with Gasteiger partial charge in [0.05, 0.1) is 19.3 Å². The Morgan fingerprint density at radius 3 is 2.72 bits per heavy atom. The van der Waals surface area contributed by atoms with Gasteiger partial charge in [-0.25, -0.2) is 0 Å². The van der Waals surface area contributed by atoms with E-state index in [1.54, 1.807) is 4.90 Å². The third-order valence-corrected chi connectivity index (χ3v) is 3.39. The molecule has 2 aliphatic rings. The van der Waals surface area contributed by atoms with E-state index in [9.17, 15) is 4.79 Å². The van der Waals surface area contributed by atoms with Gasteiger partial charge in [0.2, 0.25) is 0 Å². The highest BCUT2D eigenvalue weighted by Crippen LogP contribution is 2.20. The van der Waals surface area contributed by atoms with Gasteiger partial charge in [-0.15, -0.1) is 0 Å². The summed E-state index contributed by atoms with van der Waals surface area (Å²) in [5, 5.41) is 0. The number of nitrogens with zero attached hydrogens (tertiary/aromatic N) is 1. The van der Waals surface area contributed by atoms with Crippen molar-refractivity contribution in [2.45, 2.75) is 18.9 Å². The molecule has 0 unspecified atom stereocenters. The molecule has 4 nitrogen and oxygen atoms in total. The molecule has 1 aromatic rings. The normalized spacial score (nSPS) is 23.2. The SMILES string of the molecule is O=C1COCCN1c1ccc(CC[C@@H]2CO2)cc1. The van der Waals surface area contributed by atoms with E-state index >= 15 is 0 Å². The fourth-order valence-corrected chi connectivity index (χ4v) is 2.20. The lowest BCUT2D eigenvalue weighted by atomic mass is 10.1. The number of morpholine rings is 1. The fraction of sp³-hybridized carbons (Fsp3) is 0.500. The maximum absolute atomic E-state index is 11.7. The molecule has 1 amide bonds. The Balaban J connectivity index is 1.63. The quantitative estimate of drug-likeness (QED) is 0.755. The first-order valence-electron chi connectivity index (χ1n) is 6.41. The third-order valence-electron chi connectivity index (χ3n) is 3.39. The van der Waals surface area contributed by atoms with Gasteiger partial charge in [0.15, 0.2) is 0 Å². The predicted molar refractivity (Wildman–Crippen MR) is 67.7 cm³/mol. The average molecular weight is 247 g/mol. The zero-order valence-corrected chi connectivity index (χ0v) is 10.3. The molecule has 96 valence electrons. The van der Waals surface area contributed by atoms with Crippen LogP contribution in [0.15, 0.2) is 24.3 Å². The van der Waals surface area contributed by atoms with E-state index in [0.717, 1.165) is 25.1 Å². The van der Waals surface area contributed by atoms with Crippen molar-refractivity contribution in [3.05, 3.63) is 29.8 Å². The minimum atomic E-state index is 0.0420. The van der Waals surface area contributed by atoms with Gasteiger partial charge in [0, 0.05) is 12.2 Å². The lowest BCUT2D eigenvalue weighted by Crippen LogP contribution is -2.41. The summed E-state index contributed by atoms with van der Waals surface area (Å²) in [7, 11) is 0. The lowest BCUT2D eigenvalue weighted by Gasteiger charge is -2.26. The second-order valence-electron chi connectivity index (χ2n) is 4.76. The minimum Gasteiger partial charge on any atom is -0.373 e. The number of rotatable bonds is 4. The molecule has 0 spiro atoms. The molecular formula is C14H17NO3. The van der Waals surface area contributed by atoms with Gasteiger partial charge >= 0.3 is 0 Å². The predicted octanol–water partition coefficient (Wildman–Crippen LogP) is 1.38. The molecule has 0 N–H and O–H groups in total. The zero-order valence-electron chi connectivity index (χ0n) is 10.3. The standard InChI is InChI=1S/C14H17NO3/c16-14-10-17-8-7-15(14)12-4-1-11(2-5-12)3-6-13-9-18-13/h1-2,4-5,13H,3,6-10H2/t13-/m1/s1. The highest BCUT2D eigenvalue weighted by atomic mass is 16.6. The summed E-state index contributed by atoms with van der Waals surface area (Å²) in [6.45, 7) is 2.38. The van der Waals surface area contributed by atoms with E-state index in [1.807, 2.05) is 12.1 Å². The van der Waals surface area contributed by atoms with Crippen LogP contribution >= 0.6 is 0 Å². The van der Waals surface area contributed by atoms with Crippen molar-refractivity contribution in [2.75, 3.05) is 31.3 Å². The Labute approximate surface area is 106 Å². The number of epoxide rings is 1. The molecule has 2 fully saturated rings. The number of hydrogen-bond acceptors (Lipinski definition) is 3. The minimum absolute atomic E-state index is 0.0420. The van der Waals surface area contributed by atoms with E-state index in [4.69, 9.17) is 9.47 Å². The molecular weight excluding hydrogens is 230 g/mol. The van der Waals surface area contributed by atoms with Gasteiger partial charge in [-0.1, -0.05) is 12.1 Å². The van der Waals surface area contributed by atoms with E-state index in [1.165, 1.54) is 5.56 Å². The molecule has 3 rings (SSSR count). The van der Waals surface area contributed by atoms with Gasteiger partial charge < -0.3 is 14.4 Å². The fourth-order valence-electron chi connectivity index (χ4n) is 2.20. The van der Waals surface area contributed by atoms with Gasteiger partial charge in [0.1, 0.15) is 6.61 Å². The van der Waals surface area contributed by atoms with Gasteiger partial charge in [-0.2, -0.15) is 0 Å². The van der Waals surface area contributed by atoms with Crippen LogP contribution in [-0.2, 0) is 20.7 Å². The number of amides is 1. The number of anilines is 1. The van der Waals surface area contributed by atoms with Crippen molar-refractivity contribution in [2.24, 2.45) is 0 Å². The van der Waals surface area contributed by atoms with Crippen LogP contribution in [0.25, 0.3) is 0 Å². The van der Waals surface area contributed by atoms with Crippen LogP contribution in [0, 0.1) is 0 Å². The van der Waals surface area contributed by atoms with Gasteiger partial charge in [-0.3, -0.25) is 4.79 Å². The van der Waals surface area contributed by atoms with Crippen LogP contribution in [0.4, 0.5) is 5.69 Å². The Kier molecular flexibility index (Phi) is 3.30. The topological polar surface area (TPSA) is 42.1 Å². The summed E-state index contributed by atoms with van der Waals surface area (Å²) in [5.41, 5.74) is 2.27. The molecule has 0 radical (unpaired) electrons. The number of carbonyl (C=O) groups is 1. The van der Waals surface area contributed by atoms with Crippen molar-refractivity contribution in [1.29, 1.82) is 0 Å². The summed E-state index contributed by atoms with van der Waals surface area (Å²) in [4.78, 5) is 13.5. The average Bonchev–Trinajstić information content (AvgIpc) is 3.22. The van der Waals surface area contributed by atoms with Crippen LogP contribution in [0.2, 0.25) is 0 Å². The second-order valence-corrected chi connectivity index (χ2v) is 4.76. The van der Waals surface area contributed by atoms with Gasteiger partial charge in [0.25, 0.3) is 5.91 Å². The summed E-state index contributed by atoms with van der Waals surface area (Å²) >= 11 is 0. The first-order valence-corrected chi connectivity index (χ1v) is 6.41. The second kappa shape index (κ2) is 5.08. The molecule has 18 heavy (non-hydrogen) atoms. The number of aryl methyl sites for hydroxylation is 1. The van der Waals surface area contributed by atoms with E-state index in [-0.39, 0.29) is 12.5 Å². The summed E-state index contributed by atoms with van der Waals surface area (Å²) in [6, 6.07) is 8.24. The molecule has 4 heteroatoms. The first-order chi connectivity index (χ1) is 8.83. The molecule has 0 saturated carbocycles. The molecule has 1 aromatic carbocycles. The van der Waals surface area contributed by atoms with E-state index < -0.39 is 0 Å². The Bertz CT molecular complexity index is 425. The maximum Gasteiger partial charge on any atom is 0.253 e. The van der Waals surface area contributed by atoms with Crippen LogP contribution < -0.4 is 4.90 Å². The van der Waals surface area contributed by atoms with Crippen molar-refractivity contribution < 1.29 is 14.3 Å². The molecule has 0 bridgehead atoms. The molecule has 1 atom stereocenters. The lowest BCUT2D eigenvalue weighted by molar-refractivity contribution is -0.125. The van der Waals surface area contributed by atoms with Crippen LogP contribution in [-0.4, -0.2) is 38.4 Å². The Hall–Kier alpha value is -1.39. The van der Waals surface area contributed by atoms with Crippen LogP contribution in [0.3, 0.4) is 0 Å². The van der Waals surface area contributed by atoms with Crippen LogP contribution in [0.1, 0.15) is 12.0 Å². The molecule has 2 saturated heterocycles. The van der Waals surface area contributed by atoms with Crippen molar-refractivity contribution in [3.63, 3.8) is 0 Å².